The van der Waals surface area contributed by atoms with Crippen LogP contribution in [0.2, 0.25) is 0 Å². The Hall–Kier alpha value is -2.99. The van der Waals surface area contributed by atoms with E-state index >= 15 is 0 Å². The Bertz CT molecular complexity index is 1070. The zero-order chi connectivity index (χ0) is 18.1. The summed E-state index contributed by atoms with van der Waals surface area (Å²) in [5.41, 5.74) is 4.22. The molecule has 0 bridgehead atoms. The summed E-state index contributed by atoms with van der Waals surface area (Å²) in [7, 11) is 0. The Morgan fingerprint density at radius 2 is 1.92 bits per heavy atom. The molecule has 130 valence electrons. The number of imidazole rings is 1. The van der Waals surface area contributed by atoms with Crippen LogP contribution < -0.4 is 5.32 Å². The lowest BCUT2D eigenvalue weighted by atomic mass is 10.2. The van der Waals surface area contributed by atoms with Crippen LogP contribution in [0.4, 0.5) is 0 Å². The average Bonchev–Trinajstić information content (AvgIpc) is 3.28. The Morgan fingerprint density at radius 3 is 2.65 bits per heavy atom. The molecular formula is C20H18N4OS. The van der Waals surface area contributed by atoms with E-state index < -0.39 is 0 Å². The highest BCUT2D eigenvalue weighted by atomic mass is 32.1. The van der Waals surface area contributed by atoms with Gasteiger partial charge >= 0.3 is 0 Å². The molecule has 0 aliphatic rings. The monoisotopic (exact) mass is 362 g/mol. The van der Waals surface area contributed by atoms with Gasteiger partial charge in [-0.1, -0.05) is 30.3 Å². The Kier molecular flexibility index (Phi) is 4.26. The van der Waals surface area contributed by atoms with E-state index in [0.29, 0.717) is 5.56 Å². The van der Waals surface area contributed by atoms with Gasteiger partial charge in [0.25, 0.3) is 5.91 Å². The largest absolute Gasteiger partial charge is 0.344 e. The van der Waals surface area contributed by atoms with Crippen molar-refractivity contribution in [2.45, 2.75) is 19.9 Å². The summed E-state index contributed by atoms with van der Waals surface area (Å²) in [5, 5.41) is 5.97. The second-order valence-corrected chi connectivity index (χ2v) is 7.22. The molecule has 0 fully saturated rings. The number of thiazole rings is 1. The minimum Gasteiger partial charge on any atom is -0.344 e. The second kappa shape index (κ2) is 6.72. The van der Waals surface area contributed by atoms with Crippen LogP contribution in [0.25, 0.3) is 16.9 Å². The summed E-state index contributed by atoms with van der Waals surface area (Å²) in [6.07, 6.45) is 3.75. The standard InChI is InChI=1S/C20H18N4OS/c1-13(18-12-26-14(2)22-18)21-20(25)16-8-9-19-23-17(11-24(19)10-16)15-6-4-3-5-7-15/h3-13H,1-2H3,(H,21,25). The van der Waals surface area contributed by atoms with E-state index in [1.807, 2.05) is 72.4 Å². The fraction of sp³-hybridized carbons (Fsp3) is 0.150. The highest BCUT2D eigenvalue weighted by Gasteiger charge is 2.14. The van der Waals surface area contributed by atoms with Gasteiger partial charge < -0.3 is 9.72 Å². The first-order chi connectivity index (χ1) is 12.6. The van der Waals surface area contributed by atoms with E-state index in [2.05, 4.69) is 15.3 Å². The predicted molar refractivity (Wildman–Crippen MR) is 103 cm³/mol. The highest BCUT2D eigenvalue weighted by molar-refractivity contribution is 7.09. The molecule has 0 aliphatic heterocycles. The molecule has 26 heavy (non-hydrogen) atoms. The molecule has 6 heteroatoms. The van der Waals surface area contributed by atoms with Crippen molar-refractivity contribution in [1.82, 2.24) is 19.7 Å². The molecular weight excluding hydrogens is 344 g/mol. The fourth-order valence-corrected chi connectivity index (χ4v) is 3.51. The number of hydrogen-bond acceptors (Lipinski definition) is 4. The molecule has 5 nitrogen and oxygen atoms in total. The maximum atomic E-state index is 12.6. The van der Waals surface area contributed by atoms with Gasteiger partial charge in [-0.2, -0.15) is 0 Å². The molecule has 0 radical (unpaired) electrons. The zero-order valence-electron chi connectivity index (χ0n) is 14.5. The second-order valence-electron chi connectivity index (χ2n) is 6.16. The molecule has 4 rings (SSSR count). The van der Waals surface area contributed by atoms with E-state index in [9.17, 15) is 4.79 Å². The smallest absolute Gasteiger partial charge is 0.253 e. The molecule has 3 aromatic heterocycles. The summed E-state index contributed by atoms with van der Waals surface area (Å²) in [6, 6.07) is 13.5. The van der Waals surface area contributed by atoms with Crippen molar-refractivity contribution in [3.8, 4) is 11.3 Å². The summed E-state index contributed by atoms with van der Waals surface area (Å²) < 4.78 is 1.88. The number of carbonyl (C=O) groups is 1. The first-order valence-electron chi connectivity index (χ1n) is 8.37. The zero-order valence-corrected chi connectivity index (χ0v) is 15.3. The van der Waals surface area contributed by atoms with Crippen LogP contribution in [0.15, 0.2) is 60.2 Å². The van der Waals surface area contributed by atoms with Gasteiger partial charge in [0.2, 0.25) is 0 Å². The molecule has 1 amide bonds. The summed E-state index contributed by atoms with van der Waals surface area (Å²) in [6.45, 7) is 3.90. The van der Waals surface area contributed by atoms with E-state index in [1.54, 1.807) is 17.4 Å². The number of pyridine rings is 1. The number of benzene rings is 1. The van der Waals surface area contributed by atoms with Crippen molar-refractivity contribution >= 4 is 22.9 Å². The van der Waals surface area contributed by atoms with Crippen LogP contribution in [0, 0.1) is 6.92 Å². The van der Waals surface area contributed by atoms with E-state index in [0.717, 1.165) is 27.6 Å². The van der Waals surface area contributed by atoms with Crippen LogP contribution in [0.1, 0.15) is 34.0 Å². The molecule has 1 aromatic carbocycles. The topological polar surface area (TPSA) is 59.3 Å². The van der Waals surface area contributed by atoms with Crippen molar-refractivity contribution in [3.05, 3.63) is 76.5 Å². The maximum absolute atomic E-state index is 12.6. The minimum absolute atomic E-state index is 0.125. The third-order valence-electron chi connectivity index (χ3n) is 4.21. The minimum atomic E-state index is -0.134. The van der Waals surface area contributed by atoms with E-state index in [1.165, 1.54) is 0 Å². The summed E-state index contributed by atoms with van der Waals surface area (Å²) in [4.78, 5) is 21.6. The molecule has 1 N–H and O–H groups in total. The quantitative estimate of drug-likeness (QED) is 0.590. The van der Waals surface area contributed by atoms with Gasteiger partial charge in [0.05, 0.1) is 28.0 Å². The van der Waals surface area contributed by atoms with Gasteiger partial charge in [-0.05, 0) is 26.0 Å². The van der Waals surface area contributed by atoms with Crippen molar-refractivity contribution in [3.63, 3.8) is 0 Å². The number of rotatable bonds is 4. The lowest BCUT2D eigenvalue weighted by Gasteiger charge is -2.11. The van der Waals surface area contributed by atoms with Crippen molar-refractivity contribution in [2.24, 2.45) is 0 Å². The molecule has 0 aliphatic carbocycles. The molecule has 0 spiro atoms. The van der Waals surface area contributed by atoms with Crippen molar-refractivity contribution in [1.29, 1.82) is 0 Å². The number of hydrogen-bond donors (Lipinski definition) is 1. The van der Waals surface area contributed by atoms with E-state index in [-0.39, 0.29) is 11.9 Å². The molecule has 1 unspecified atom stereocenters. The Morgan fingerprint density at radius 1 is 1.12 bits per heavy atom. The molecule has 0 saturated carbocycles. The van der Waals surface area contributed by atoms with Crippen molar-refractivity contribution in [2.75, 3.05) is 0 Å². The summed E-state index contributed by atoms with van der Waals surface area (Å²) >= 11 is 1.58. The number of nitrogens with zero attached hydrogens (tertiary/aromatic N) is 3. The predicted octanol–water partition coefficient (Wildman–Crippen LogP) is 4.26. The number of fused-ring (bicyclic) bond motifs is 1. The van der Waals surface area contributed by atoms with Crippen LogP contribution in [0.5, 0.6) is 0 Å². The van der Waals surface area contributed by atoms with Gasteiger partial charge in [0.15, 0.2) is 0 Å². The van der Waals surface area contributed by atoms with Gasteiger partial charge in [-0.3, -0.25) is 4.79 Å². The number of amides is 1. The summed E-state index contributed by atoms with van der Waals surface area (Å²) in [5.74, 6) is -0.125. The molecule has 1 atom stereocenters. The van der Waals surface area contributed by atoms with Gasteiger partial charge in [-0.25, -0.2) is 9.97 Å². The van der Waals surface area contributed by atoms with Crippen LogP contribution in [-0.4, -0.2) is 20.3 Å². The number of nitrogens with one attached hydrogen (secondary N) is 1. The highest BCUT2D eigenvalue weighted by Crippen LogP contribution is 2.20. The molecule has 3 heterocycles. The number of aryl methyl sites for hydroxylation is 1. The van der Waals surface area contributed by atoms with Crippen LogP contribution >= 0.6 is 11.3 Å². The lowest BCUT2D eigenvalue weighted by molar-refractivity contribution is 0.0938. The fourth-order valence-electron chi connectivity index (χ4n) is 2.81. The third-order valence-corrected chi connectivity index (χ3v) is 5.00. The van der Waals surface area contributed by atoms with Crippen molar-refractivity contribution < 1.29 is 4.79 Å². The van der Waals surface area contributed by atoms with Gasteiger partial charge in [0.1, 0.15) is 5.65 Å². The molecule has 0 saturated heterocycles. The number of carbonyl (C=O) groups excluding carboxylic acids is 1. The van der Waals surface area contributed by atoms with Gasteiger partial charge in [-0.15, -0.1) is 11.3 Å². The lowest BCUT2D eigenvalue weighted by Crippen LogP contribution is -2.27. The first-order valence-corrected chi connectivity index (χ1v) is 9.25. The Balaban J connectivity index is 1.57. The Labute approximate surface area is 155 Å². The third kappa shape index (κ3) is 3.23. The normalized spacial score (nSPS) is 12.2. The van der Waals surface area contributed by atoms with Gasteiger partial charge in [0, 0.05) is 23.3 Å². The van der Waals surface area contributed by atoms with Crippen LogP contribution in [-0.2, 0) is 0 Å². The number of aromatic nitrogens is 3. The van der Waals surface area contributed by atoms with E-state index in [4.69, 9.17) is 0 Å². The average molecular weight is 362 g/mol. The molecule has 4 aromatic rings. The first kappa shape index (κ1) is 16.5. The maximum Gasteiger partial charge on any atom is 0.253 e. The van der Waals surface area contributed by atoms with Crippen LogP contribution in [0.3, 0.4) is 0 Å². The SMILES string of the molecule is Cc1nc(C(C)NC(=O)c2ccc3nc(-c4ccccc4)cn3c2)cs1.